The van der Waals surface area contributed by atoms with Crippen molar-refractivity contribution in [1.82, 2.24) is 9.88 Å². The van der Waals surface area contributed by atoms with Crippen LogP contribution in [0, 0.1) is 6.92 Å². The molecule has 0 saturated carbocycles. The Hall–Kier alpha value is -2.35. The minimum Gasteiger partial charge on any atom is -0.494 e. The van der Waals surface area contributed by atoms with Crippen LogP contribution in [0.25, 0.3) is 10.2 Å². The summed E-state index contributed by atoms with van der Waals surface area (Å²) in [5.74, 6) is 1.41. The highest BCUT2D eigenvalue weighted by atomic mass is 35.5. The van der Waals surface area contributed by atoms with Gasteiger partial charge in [0.05, 0.1) is 17.9 Å². The van der Waals surface area contributed by atoms with Gasteiger partial charge in [-0.3, -0.25) is 9.69 Å². The molecule has 8 heteroatoms. The molecule has 0 unspecified atom stereocenters. The van der Waals surface area contributed by atoms with E-state index in [-0.39, 0.29) is 24.4 Å². The number of carbonyl (C=O) groups excluding carboxylic acids is 1. The first-order valence-corrected chi connectivity index (χ1v) is 11.3. The van der Waals surface area contributed by atoms with E-state index in [0.717, 1.165) is 40.2 Å². The highest BCUT2D eigenvalue weighted by Gasteiger charge is 2.23. The van der Waals surface area contributed by atoms with Crippen LogP contribution in [0.15, 0.2) is 36.4 Å². The number of fused-ring (bicyclic) bond motifs is 1. The van der Waals surface area contributed by atoms with Gasteiger partial charge in [-0.25, -0.2) is 4.98 Å². The highest BCUT2D eigenvalue weighted by Crippen LogP contribution is 2.37. The van der Waals surface area contributed by atoms with E-state index in [1.54, 1.807) is 12.0 Å². The van der Waals surface area contributed by atoms with E-state index in [2.05, 4.69) is 11.8 Å². The summed E-state index contributed by atoms with van der Waals surface area (Å²) in [5, 5.41) is 0.689. The van der Waals surface area contributed by atoms with Crippen molar-refractivity contribution in [1.29, 1.82) is 0 Å². The quantitative estimate of drug-likeness (QED) is 0.411. The van der Waals surface area contributed by atoms with Crippen molar-refractivity contribution >= 4 is 45.0 Å². The van der Waals surface area contributed by atoms with Gasteiger partial charge in [0.1, 0.15) is 17.0 Å². The van der Waals surface area contributed by atoms with Crippen molar-refractivity contribution in [2.75, 3.05) is 39.2 Å². The molecule has 0 fully saturated rings. The molecular weight excluding hydrogens is 446 g/mol. The summed E-state index contributed by atoms with van der Waals surface area (Å²) >= 11 is 1.53. The number of rotatable bonds is 9. The predicted octanol–water partition coefficient (Wildman–Crippen LogP) is 5.42. The minimum atomic E-state index is -0.0643. The first-order chi connectivity index (χ1) is 14.8. The molecule has 3 rings (SSSR count). The zero-order valence-electron chi connectivity index (χ0n) is 19.5. The van der Waals surface area contributed by atoms with Crippen LogP contribution in [0.3, 0.4) is 0 Å². The molecule has 0 radical (unpaired) electrons. The number of nitrogens with zero attached hydrogens (tertiary/aromatic N) is 3. The first-order valence-electron chi connectivity index (χ1n) is 10.5. The van der Waals surface area contributed by atoms with Crippen LogP contribution in [0.2, 0.25) is 0 Å². The fourth-order valence-corrected chi connectivity index (χ4v) is 4.39. The maximum Gasteiger partial charge on any atom is 0.260 e. The number of amides is 1. The topological polar surface area (TPSA) is 54.9 Å². The average molecular weight is 478 g/mol. The van der Waals surface area contributed by atoms with Gasteiger partial charge in [-0.15, -0.1) is 12.4 Å². The second-order valence-electron chi connectivity index (χ2n) is 8.06. The second kappa shape index (κ2) is 11.5. The third-order valence-corrected chi connectivity index (χ3v) is 6.06. The van der Waals surface area contributed by atoms with Crippen molar-refractivity contribution in [3.63, 3.8) is 0 Å². The largest absolute Gasteiger partial charge is 0.494 e. The van der Waals surface area contributed by atoms with Crippen LogP contribution in [-0.2, 0) is 0 Å². The molecule has 0 aliphatic rings. The van der Waals surface area contributed by atoms with Crippen LogP contribution in [0.1, 0.15) is 36.2 Å². The standard InChI is InChI=1S/C24H31N3O3S.ClH/c1-16(2)30-19-11-9-18(10-12-19)23(28)27(15-7-14-26(4)5)24-25-21-20(29-6)13-8-17(3)22(21)31-24;/h8-13,16H,7,14-15H2,1-6H3;1H. The lowest BCUT2D eigenvalue weighted by Crippen LogP contribution is -2.33. The Labute approximate surface area is 200 Å². The lowest BCUT2D eigenvalue weighted by atomic mass is 10.2. The lowest BCUT2D eigenvalue weighted by molar-refractivity contribution is 0.0986. The molecule has 0 N–H and O–H groups in total. The van der Waals surface area contributed by atoms with E-state index < -0.39 is 0 Å². The van der Waals surface area contributed by atoms with Gasteiger partial charge in [-0.1, -0.05) is 17.4 Å². The Kier molecular flexibility index (Phi) is 9.31. The summed E-state index contributed by atoms with van der Waals surface area (Å²) < 4.78 is 12.2. The smallest absolute Gasteiger partial charge is 0.260 e. The molecule has 0 bridgehead atoms. The van der Waals surface area contributed by atoms with E-state index in [1.807, 2.05) is 64.3 Å². The fraction of sp³-hybridized carbons (Fsp3) is 0.417. The Bertz CT molecular complexity index is 1030. The number of aromatic nitrogens is 1. The zero-order valence-corrected chi connectivity index (χ0v) is 21.2. The van der Waals surface area contributed by atoms with Crippen molar-refractivity contribution in [2.24, 2.45) is 0 Å². The summed E-state index contributed by atoms with van der Waals surface area (Å²) in [6.45, 7) is 7.49. The molecule has 2 aromatic carbocycles. The molecule has 0 aliphatic heterocycles. The minimum absolute atomic E-state index is 0. The number of hydrogen-bond acceptors (Lipinski definition) is 6. The highest BCUT2D eigenvalue weighted by molar-refractivity contribution is 7.22. The average Bonchev–Trinajstić information content (AvgIpc) is 3.17. The normalized spacial score (nSPS) is 11.0. The number of thiazole rings is 1. The van der Waals surface area contributed by atoms with Gasteiger partial charge in [0, 0.05) is 12.1 Å². The van der Waals surface area contributed by atoms with Crippen molar-refractivity contribution in [3.05, 3.63) is 47.5 Å². The summed E-state index contributed by atoms with van der Waals surface area (Å²) in [6, 6.07) is 11.3. The molecule has 1 aromatic heterocycles. The van der Waals surface area contributed by atoms with Gasteiger partial charge in [0.25, 0.3) is 5.91 Å². The predicted molar refractivity (Wildman–Crippen MR) is 135 cm³/mol. The number of benzene rings is 2. The summed E-state index contributed by atoms with van der Waals surface area (Å²) in [4.78, 5) is 22.2. The third-order valence-electron chi connectivity index (χ3n) is 4.85. The number of methoxy groups -OCH3 is 1. The maximum atomic E-state index is 13.5. The van der Waals surface area contributed by atoms with Gasteiger partial charge < -0.3 is 14.4 Å². The Morgan fingerprint density at radius 1 is 1.09 bits per heavy atom. The summed E-state index contributed by atoms with van der Waals surface area (Å²) in [6.07, 6.45) is 0.935. The van der Waals surface area contributed by atoms with Crippen molar-refractivity contribution in [2.45, 2.75) is 33.3 Å². The third kappa shape index (κ3) is 6.12. The Morgan fingerprint density at radius 3 is 2.38 bits per heavy atom. The number of halogens is 1. The van der Waals surface area contributed by atoms with E-state index >= 15 is 0 Å². The molecule has 1 amide bonds. The van der Waals surface area contributed by atoms with Gasteiger partial charge in [0.15, 0.2) is 5.13 Å². The maximum absolute atomic E-state index is 13.5. The number of ether oxygens (including phenoxy) is 2. The first kappa shape index (κ1) is 25.9. The number of anilines is 1. The molecule has 1 heterocycles. The van der Waals surface area contributed by atoms with Crippen LogP contribution in [-0.4, -0.2) is 56.2 Å². The van der Waals surface area contributed by atoms with Gasteiger partial charge in [-0.05, 0) is 83.7 Å². The second-order valence-corrected chi connectivity index (χ2v) is 9.04. The van der Waals surface area contributed by atoms with E-state index in [4.69, 9.17) is 14.5 Å². The van der Waals surface area contributed by atoms with Gasteiger partial charge in [0.2, 0.25) is 0 Å². The summed E-state index contributed by atoms with van der Waals surface area (Å²) in [5.41, 5.74) is 2.54. The zero-order chi connectivity index (χ0) is 22.5. The van der Waals surface area contributed by atoms with Crippen molar-refractivity contribution < 1.29 is 14.3 Å². The molecule has 32 heavy (non-hydrogen) atoms. The Balaban J connectivity index is 0.00000363. The van der Waals surface area contributed by atoms with Gasteiger partial charge >= 0.3 is 0 Å². The Morgan fingerprint density at radius 2 is 1.78 bits per heavy atom. The molecular formula is C24H32ClN3O3S. The molecule has 0 atom stereocenters. The molecule has 3 aromatic rings. The van der Waals surface area contributed by atoms with Crippen LogP contribution < -0.4 is 14.4 Å². The van der Waals surface area contributed by atoms with Gasteiger partial charge in [-0.2, -0.15) is 0 Å². The molecule has 0 spiro atoms. The summed E-state index contributed by atoms with van der Waals surface area (Å²) in [7, 11) is 5.71. The molecule has 0 saturated heterocycles. The van der Waals surface area contributed by atoms with E-state index in [0.29, 0.717) is 17.2 Å². The fourth-order valence-electron chi connectivity index (χ4n) is 3.31. The monoisotopic (exact) mass is 477 g/mol. The number of aryl methyl sites for hydroxylation is 1. The van der Waals surface area contributed by atoms with Crippen LogP contribution in [0.5, 0.6) is 11.5 Å². The SMILES string of the molecule is COc1ccc(C)c2sc(N(CCCN(C)C)C(=O)c3ccc(OC(C)C)cc3)nc12.Cl. The van der Waals surface area contributed by atoms with E-state index in [1.165, 1.54) is 11.3 Å². The number of carbonyl (C=O) groups is 1. The number of hydrogen-bond donors (Lipinski definition) is 0. The molecule has 6 nitrogen and oxygen atoms in total. The molecule has 174 valence electrons. The van der Waals surface area contributed by atoms with E-state index in [9.17, 15) is 4.79 Å². The van der Waals surface area contributed by atoms with Crippen LogP contribution >= 0.6 is 23.7 Å². The van der Waals surface area contributed by atoms with Crippen molar-refractivity contribution in [3.8, 4) is 11.5 Å². The lowest BCUT2D eigenvalue weighted by Gasteiger charge is -2.21. The van der Waals surface area contributed by atoms with Crippen LogP contribution in [0.4, 0.5) is 5.13 Å². The molecule has 0 aliphatic carbocycles.